The monoisotopic (exact) mass is 217 g/mol. The molecule has 3 heteroatoms. The van der Waals surface area contributed by atoms with Crippen LogP contribution in [0.1, 0.15) is 5.56 Å². The predicted octanol–water partition coefficient (Wildman–Crippen LogP) is 1.03. The highest BCUT2D eigenvalue weighted by atomic mass is 16.5. The maximum atomic E-state index is 11.6. The van der Waals surface area contributed by atoms with Crippen LogP contribution in [0, 0.1) is 12.3 Å². The zero-order valence-electron chi connectivity index (χ0n) is 9.32. The number of ketones is 1. The molecule has 0 aliphatic rings. The van der Waals surface area contributed by atoms with Gasteiger partial charge < -0.3 is 4.74 Å². The van der Waals surface area contributed by atoms with E-state index in [2.05, 4.69) is 11.2 Å². The number of terminal acetylenes is 1. The molecule has 0 saturated heterocycles. The molecule has 1 N–H and O–H groups in total. The van der Waals surface area contributed by atoms with Crippen LogP contribution in [-0.2, 0) is 11.2 Å². The summed E-state index contributed by atoms with van der Waals surface area (Å²) in [4.78, 5) is 11.6. The van der Waals surface area contributed by atoms with Crippen molar-refractivity contribution in [1.82, 2.24) is 5.32 Å². The zero-order valence-corrected chi connectivity index (χ0v) is 9.32. The Balaban J connectivity index is 2.53. The van der Waals surface area contributed by atoms with Crippen LogP contribution in [-0.4, -0.2) is 26.0 Å². The van der Waals surface area contributed by atoms with Gasteiger partial charge in [-0.25, -0.2) is 0 Å². The Morgan fingerprint density at radius 1 is 1.50 bits per heavy atom. The minimum absolute atomic E-state index is 0.0970. The molecule has 0 aliphatic carbocycles. The van der Waals surface area contributed by atoms with Crippen molar-refractivity contribution in [1.29, 1.82) is 0 Å². The second-order valence-corrected chi connectivity index (χ2v) is 3.33. The van der Waals surface area contributed by atoms with Gasteiger partial charge in [0.1, 0.15) is 5.75 Å². The van der Waals surface area contributed by atoms with Gasteiger partial charge in [-0.1, -0.05) is 24.1 Å². The number of nitrogens with one attached hydrogen (secondary N) is 1. The number of carbonyl (C=O) groups excluding carboxylic acids is 1. The molecular formula is C13H15NO2. The van der Waals surface area contributed by atoms with Gasteiger partial charge in [-0.3, -0.25) is 10.1 Å². The number of carbonyl (C=O) groups is 1. The lowest BCUT2D eigenvalue weighted by Gasteiger charge is -2.07. The van der Waals surface area contributed by atoms with Gasteiger partial charge in [0, 0.05) is 12.0 Å². The summed E-state index contributed by atoms with van der Waals surface area (Å²) >= 11 is 0. The first-order chi connectivity index (χ1) is 7.77. The standard InChI is InChI=1S/C13H15NO2/c1-3-8-14-10-12(15)9-11-6-4-5-7-13(11)16-2/h1,4-7,14H,8-10H2,2H3. The maximum absolute atomic E-state index is 11.6. The van der Waals surface area contributed by atoms with Crippen LogP contribution in [0.15, 0.2) is 24.3 Å². The maximum Gasteiger partial charge on any atom is 0.151 e. The Morgan fingerprint density at radius 2 is 2.25 bits per heavy atom. The highest BCUT2D eigenvalue weighted by Crippen LogP contribution is 2.17. The minimum atomic E-state index is 0.0970. The van der Waals surface area contributed by atoms with Gasteiger partial charge in [0.05, 0.1) is 20.2 Å². The number of hydrogen-bond acceptors (Lipinski definition) is 3. The Kier molecular flexibility index (Phi) is 5.10. The molecule has 0 aliphatic heterocycles. The summed E-state index contributed by atoms with van der Waals surface area (Å²) in [5.41, 5.74) is 0.900. The normalized spacial score (nSPS) is 9.50. The average Bonchev–Trinajstić information content (AvgIpc) is 2.30. The van der Waals surface area contributed by atoms with E-state index in [1.807, 2.05) is 24.3 Å². The molecular weight excluding hydrogens is 202 g/mol. The minimum Gasteiger partial charge on any atom is -0.496 e. The van der Waals surface area contributed by atoms with E-state index >= 15 is 0 Å². The van der Waals surface area contributed by atoms with E-state index in [4.69, 9.17) is 11.2 Å². The fraction of sp³-hybridized carbons (Fsp3) is 0.308. The zero-order chi connectivity index (χ0) is 11.8. The summed E-state index contributed by atoms with van der Waals surface area (Å²) in [5.74, 6) is 3.26. The molecule has 0 bridgehead atoms. The third kappa shape index (κ3) is 3.76. The quantitative estimate of drug-likeness (QED) is 0.571. The van der Waals surface area contributed by atoms with Crippen LogP contribution in [0.4, 0.5) is 0 Å². The van der Waals surface area contributed by atoms with Gasteiger partial charge in [-0.15, -0.1) is 6.42 Å². The summed E-state index contributed by atoms with van der Waals surface area (Å²) in [6.45, 7) is 0.708. The van der Waals surface area contributed by atoms with Crippen molar-refractivity contribution in [3.8, 4) is 18.1 Å². The van der Waals surface area contributed by atoms with Crippen molar-refractivity contribution in [2.24, 2.45) is 0 Å². The molecule has 1 rings (SSSR count). The smallest absolute Gasteiger partial charge is 0.151 e. The fourth-order valence-corrected chi connectivity index (χ4v) is 1.40. The molecule has 0 atom stereocenters. The number of Topliss-reactive ketones (excluding diaryl/α,β-unsaturated/α-hetero) is 1. The predicted molar refractivity (Wildman–Crippen MR) is 63.4 cm³/mol. The first-order valence-electron chi connectivity index (χ1n) is 5.05. The molecule has 0 fully saturated rings. The Labute approximate surface area is 95.8 Å². The average molecular weight is 217 g/mol. The summed E-state index contributed by atoms with van der Waals surface area (Å²) in [6, 6.07) is 7.50. The van der Waals surface area contributed by atoms with E-state index in [0.29, 0.717) is 19.5 Å². The van der Waals surface area contributed by atoms with Crippen molar-refractivity contribution in [2.45, 2.75) is 6.42 Å². The second kappa shape index (κ2) is 6.65. The number of rotatable bonds is 6. The van der Waals surface area contributed by atoms with Gasteiger partial charge in [0.15, 0.2) is 5.78 Å². The number of hydrogen-bond donors (Lipinski definition) is 1. The number of methoxy groups -OCH3 is 1. The van der Waals surface area contributed by atoms with E-state index in [1.165, 1.54) is 0 Å². The molecule has 0 radical (unpaired) electrons. The summed E-state index contributed by atoms with van der Waals surface area (Å²) in [6.07, 6.45) is 5.43. The van der Waals surface area contributed by atoms with Crippen molar-refractivity contribution < 1.29 is 9.53 Å². The number of benzene rings is 1. The Morgan fingerprint density at radius 3 is 2.94 bits per heavy atom. The Hall–Kier alpha value is -1.79. The highest BCUT2D eigenvalue weighted by molar-refractivity contribution is 5.83. The van der Waals surface area contributed by atoms with Crippen molar-refractivity contribution in [3.05, 3.63) is 29.8 Å². The topological polar surface area (TPSA) is 38.3 Å². The van der Waals surface area contributed by atoms with Crippen molar-refractivity contribution >= 4 is 5.78 Å². The lowest BCUT2D eigenvalue weighted by molar-refractivity contribution is -0.117. The van der Waals surface area contributed by atoms with E-state index < -0.39 is 0 Å². The first kappa shape index (κ1) is 12.3. The van der Waals surface area contributed by atoms with Crippen molar-refractivity contribution in [3.63, 3.8) is 0 Å². The van der Waals surface area contributed by atoms with Gasteiger partial charge in [0.2, 0.25) is 0 Å². The van der Waals surface area contributed by atoms with E-state index in [9.17, 15) is 4.79 Å². The summed E-state index contributed by atoms with van der Waals surface area (Å²) in [5, 5.41) is 2.87. The third-order valence-electron chi connectivity index (χ3n) is 2.13. The second-order valence-electron chi connectivity index (χ2n) is 3.33. The highest BCUT2D eigenvalue weighted by Gasteiger charge is 2.07. The molecule has 0 unspecified atom stereocenters. The van der Waals surface area contributed by atoms with Crippen molar-refractivity contribution in [2.75, 3.05) is 20.2 Å². The van der Waals surface area contributed by atoms with E-state index in [-0.39, 0.29) is 5.78 Å². The molecule has 1 aromatic rings. The first-order valence-corrected chi connectivity index (χ1v) is 5.05. The summed E-state index contributed by atoms with van der Waals surface area (Å²) < 4.78 is 5.17. The molecule has 0 aromatic heterocycles. The number of ether oxygens (including phenoxy) is 1. The molecule has 16 heavy (non-hydrogen) atoms. The van der Waals surface area contributed by atoms with Crippen LogP contribution in [0.25, 0.3) is 0 Å². The van der Waals surface area contributed by atoms with Gasteiger partial charge >= 0.3 is 0 Å². The number of para-hydroxylation sites is 1. The van der Waals surface area contributed by atoms with Crippen LogP contribution in [0.2, 0.25) is 0 Å². The molecule has 84 valence electrons. The van der Waals surface area contributed by atoms with Gasteiger partial charge in [0.25, 0.3) is 0 Å². The van der Waals surface area contributed by atoms with Crippen LogP contribution in [0.3, 0.4) is 0 Å². The Bertz CT molecular complexity index is 393. The summed E-state index contributed by atoms with van der Waals surface area (Å²) in [7, 11) is 1.60. The molecule has 0 heterocycles. The largest absolute Gasteiger partial charge is 0.496 e. The van der Waals surface area contributed by atoms with Crippen LogP contribution >= 0.6 is 0 Å². The lowest BCUT2D eigenvalue weighted by Crippen LogP contribution is -2.24. The molecule has 3 nitrogen and oxygen atoms in total. The van der Waals surface area contributed by atoms with Gasteiger partial charge in [-0.05, 0) is 6.07 Å². The molecule has 0 amide bonds. The SMILES string of the molecule is C#CCNCC(=O)Cc1ccccc1OC. The molecule has 0 spiro atoms. The van der Waals surface area contributed by atoms with Crippen LogP contribution < -0.4 is 10.1 Å². The lowest BCUT2D eigenvalue weighted by atomic mass is 10.1. The molecule has 1 aromatic carbocycles. The fourth-order valence-electron chi connectivity index (χ4n) is 1.40. The van der Waals surface area contributed by atoms with Gasteiger partial charge in [-0.2, -0.15) is 0 Å². The van der Waals surface area contributed by atoms with E-state index in [1.54, 1.807) is 7.11 Å². The van der Waals surface area contributed by atoms with Crippen LogP contribution in [0.5, 0.6) is 5.75 Å². The third-order valence-corrected chi connectivity index (χ3v) is 2.13. The molecule has 0 saturated carbocycles. The van der Waals surface area contributed by atoms with E-state index in [0.717, 1.165) is 11.3 Å².